The number of aliphatic hydroxyl groups excluding tert-OH is 1. The van der Waals surface area contributed by atoms with E-state index in [2.05, 4.69) is 18.9 Å². The van der Waals surface area contributed by atoms with E-state index in [1.54, 1.807) is 0 Å². The Morgan fingerprint density at radius 2 is 2.11 bits per heavy atom. The van der Waals surface area contributed by atoms with Gasteiger partial charge in [0.1, 0.15) is 0 Å². The molecule has 0 saturated heterocycles. The third-order valence-corrected chi connectivity index (χ3v) is 5.02. The summed E-state index contributed by atoms with van der Waals surface area (Å²) in [5.41, 5.74) is 3.51. The van der Waals surface area contributed by atoms with Crippen LogP contribution in [0, 0.1) is 25.7 Å². The molecule has 3 atom stereocenters. The van der Waals surface area contributed by atoms with Gasteiger partial charge in [0.25, 0.3) is 0 Å². The van der Waals surface area contributed by atoms with Crippen LogP contribution >= 0.6 is 0 Å². The summed E-state index contributed by atoms with van der Waals surface area (Å²) in [5, 5.41) is 15.0. The Morgan fingerprint density at radius 3 is 2.68 bits per heavy atom. The second-order valence-corrected chi connectivity index (χ2v) is 6.25. The van der Waals surface area contributed by atoms with E-state index in [0.29, 0.717) is 5.92 Å². The van der Waals surface area contributed by atoms with Crippen molar-refractivity contribution in [3.63, 3.8) is 0 Å². The molecule has 0 amide bonds. The van der Waals surface area contributed by atoms with Gasteiger partial charge in [0.2, 0.25) is 0 Å². The fourth-order valence-corrected chi connectivity index (χ4v) is 3.54. The van der Waals surface area contributed by atoms with Gasteiger partial charge in [-0.05, 0) is 44.1 Å². The molecule has 3 heteroatoms. The normalized spacial score (nSPS) is 25.5. The molecule has 0 radical (unpaired) electrons. The number of hydrogen-bond donors (Lipinski definition) is 1. The van der Waals surface area contributed by atoms with Crippen molar-refractivity contribution in [1.29, 1.82) is 0 Å². The molecular weight excluding hydrogens is 236 g/mol. The minimum Gasteiger partial charge on any atom is -0.392 e. The summed E-state index contributed by atoms with van der Waals surface area (Å²) in [6.45, 7) is 6.41. The highest BCUT2D eigenvalue weighted by Gasteiger charge is 2.27. The van der Waals surface area contributed by atoms with Crippen molar-refractivity contribution < 1.29 is 5.11 Å². The van der Waals surface area contributed by atoms with E-state index in [0.717, 1.165) is 18.0 Å². The highest BCUT2D eigenvalue weighted by Crippen LogP contribution is 2.34. The standard InChI is InChI=1S/C16H28N2O/c1-5-13-7-6-8-14(9-13)16(19)10-15-11(2)17-18(4)12(15)3/h13-14,16,19H,5-10H2,1-4H3. The van der Waals surface area contributed by atoms with E-state index in [1.165, 1.54) is 43.4 Å². The Kier molecular flexibility index (Phi) is 4.67. The molecule has 3 unspecified atom stereocenters. The molecule has 1 fully saturated rings. The van der Waals surface area contributed by atoms with Crippen LogP contribution in [0.25, 0.3) is 0 Å². The van der Waals surface area contributed by atoms with Crippen molar-refractivity contribution in [1.82, 2.24) is 9.78 Å². The van der Waals surface area contributed by atoms with Gasteiger partial charge in [0.05, 0.1) is 11.8 Å². The smallest absolute Gasteiger partial charge is 0.0629 e. The van der Waals surface area contributed by atoms with Gasteiger partial charge in [-0.3, -0.25) is 4.68 Å². The van der Waals surface area contributed by atoms with Crippen LogP contribution in [-0.4, -0.2) is 21.0 Å². The highest BCUT2D eigenvalue weighted by molar-refractivity contribution is 5.25. The van der Waals surface area contributed by atoms with E-state index in [-0.39, 0.29) is 6.10 Å². The molecule has 1 aromatic rings. The zero-order chi connectivity index (χ0) is 14.0. The zero-order valence-electron chi connectivity index (χ0n) is 12.8. The topological polar surface area (TPSA) is 38.1 Å². The predicted molar refractivity (Wildman–Crippen MR) is 78.1 cm³/mol. The van der Waals surface area contributed by atoms with Crippen molar-refractivity contribution in [3.05, 3.63) is 17.0 Å². The molecule has 1 heterocycles. The Bertz CT molecular complexity index is 425. The zero-order valence-corrected chi connectivity index (χ0v) is 12.8. The maximum absolute atomic E-state index is 10.6. The molecule has 108 valence electrons. The predicted octanol–water partition coefficient (Wildman–Crippen LogP) is 3.16. The van der Waals surface area contributed by atoms with Gasteiger partial charge >= 0.3 is 0 Å². The van der Waals surface area contributed by atoms with Crippen LogP contribution in [0.2, 0.25) is 0 Å². The lowest BCUT2D eigenvalue weighted by Gasteiger charge is -2.31. The first kappa shape index (κ1) is 14.6. The number of rotatable bonds is 4. The summed E-state index contributed by atoms with van der Waals surface area (Å²) in [5.74, 6) is 1.31. The molecule has 0 bridgehead atoms. The summed E-state index contributed by atoms with van der Waals surface area (Å²) in [4.78, 5) is 0. The molecule has 3 nitrogen and oxygen atoms in total. The minimum atomic E-state index is -0.198. The highest BCUT2D eigenvalue weighted by atomic mass is 16.3. The average Bonchev–Trinajstić information content (AvgIpc) is 2.65. The van der Waals surface area contributed by atoms with Gasteiger partial charge in [-0.25, -0.2) is 0 Å². The molecule has 0 spiro atoms. The molecule has 1 aromatic heterocycles. The summed E-state index contributed by atoms with van der Waals surface area (Å²) >= 11 is 0. The first-order valence-corrected chi connectivity index (χ1v) is 7.70. The number of aromatic nitrogens is 2. The number of aryl methyl sites for hydroxylation is 2. The quantitative estimate of drug-likeness (QED) is 0.907. The van der Waals surface area contributed by atoms with Crippen LogP contribution in [0.1, 0.15) is 56.0 Å². The first-order valence-electron chi connectivity index (χ1n) is 7.70. The SMILES string of the molecule is CCC1CCCC(C(O)Cc2c(C)nn(C)c2C)C1. The van der Waals surface area contributed by atoms with Crippen molar-refractivity contribution in [2.45, 2.75) is 65.4 Å². The molecule has 19 heavy (non-hydrogen) atoms. The minimum absolute atomic E-state index is 0.198. The molecule has 1 N–H and O–H groups in total. The molecular formula is C16H28N2O. The van der Waals surface area contributed by atoms with E-state index in [4.69, 9.17) is 0 Å². The first-order chi connectivity index (χ1) is 9.02. The Balaban J connectivity index is 2.02. The van der Waals surface area contributed by atoms with Crippen LogP contribution < -0.4 is 0 Å². The van der Waals surface area contributed by atoms with Crippen LogP contribution in [0.4, 0.5) is 0 Å². The monoisotopic (exact) mass is 264 g/mol. The maximum atomic E-state index is 10.6. The lowest BCUT2D eigenvalue weighted by Crippen LogP contribution is -2.28. The van der Waals surface area contributed by atoms with E-state index < -0.39 is 0 Å². The molecule has 0 aliphatic heterocycles. The maximum Gasteiger partial charge on any atom is 0.0629 e. The second kappa shape index (κ2) is 6.08. The van der Waals surface area contributed by atoms with Crippen LogP contribution in [-0.2, 0) is 13.5 Å². The van der Waals surface area contributed by atoms with Crippen LogP contribution in [0.15, 0.2) is 0 Å². The third kappa shape index (κ3) is 3.19. The fraction of sp³-hybridized carbons (Fsp3) is 0.812. The lowest BCUT2D eigenvalue weighted by molar-refractivity contribution is 0.0682. The number of hydrogen-bond acceptors (Lipinski definition) is 2. The molecule has 0 aromatic carbocycles. The largest absolute Gasteiger partial charge is 0.392 e. The van der Waals surface area contributed by atoms with Crippen molar-refractivity contribution in [2.75, 3.05) is 0 Å². The van der Waals surface area contributed by atoms with Gasteiger partial charge in [-0.1, -0.05) is 26.2 Å². The summed E-state index contributed by atoms with van der Waals surface area (Å²) in [6, 6.07) is 0. The molecule has 1 aliphatic carbocycles. The lowest BCUT2D eigenvalue weighted by atomic mass is 9.76. The summed E-state index contributed by atoms with van der Waals surface area (Å²) < 4.78 is 1.92. The molecule has 1 saturated carbocycles. The van der Waals surface area contributed by atoms with Gasteiger partial charge < -0.3 is 5.11 Å². The summed E-state index contributed by atoms with van der Waals surface area (Å²) in [7, 11) is 1.98. The molecule has 1 aliphatic rings. The number of aliphatic hydroxyl groups is 1. The van der Waals surface area contributed by atoms with Gasteiger partial charge in [0.15, 0.2) is 0 Å². The Labute approximate surface area is 117 Å². The average molecular weight is 264 g/mol. The summed E-state index contributed by atoms with van der Waals surface area (Å²) in [6.07, 6.45) is 6.86. The van der Waals surface area contributed by atoms with Crippen molar-refractivity contribution in [2.24, 2.45) is 18.9 Å². The van der Waals surface area contributed by atoms with E-state index >= 15 is 0 Å². The third-order valence-electron chi connectivity index (χ3n) is 5.02. The Hall–Kier alpha value is -0.830. The van der Waals surface area contributed by atoms with Crippen LogP contribution in [0.5, 0.6) is 0 Å². The van der Waals surface area contributed by atoms with Gasteiger partial charge in [-0.2, -0.15) is 5.10 Å². The molecule has 2 rings (SSSR count). The number of nitrogens with zero attached hydrogens (tertiary/aromatic N) is 2. The van der Waals surface area contributed by atoms with Crippen molar-refractivity contribution in [3.8, 4) is 0 Å². The van der Waals surface area contributed by atoms with Gasteiger partial charge in [0, 0.05) is 19.2 Å². The Morgan fingerprint density at radius 1 is 1.37 bits per heavy atom. The fourth-order valence-electron chi connectivity index (χ4n) is 3.54. The van der Waals surface area contributed by atoms with Gasteiger partial charge in [-0.15, -0.1) is 0 Å². The van der Waals surface area contributed by atoms with E-state index in [9.17, 15) is 5.11 Å². The second-order valence-electron chi connectivity index (χ2n) is 6.25. The van der Waals surface area contributed by atoms with Crippen molar-refractivity contribution >= 4 is 0 Å². The van der Waals surface area contributed by atoms with Crippen LogP contribution in [0.3, 0.4) is 0 Å². The van der Waals surface area contributed by atoms with E-state index in [1.807, 2.05) is 18.7 Å².